The van der Waals surface area contributed by atoms with Gasteiger partial charge in [0, 0.05) is 24.2 Å². The average Bonchev–Trinajstić information content (AvgIpc) is 3.29. The van der Waals surface area contributed by atoms with Crippen LogP contribution in [0.15, 0.2) is 65.0 Å². The molecule has 2 aliphatic rings. The summed E-state index contributed by atoms with van der Waals surface area (Å²) in [6.45, 7) is 2.28. The second-order valence-electron chi connectivity index (χ2n) is 7.73. The highest BCUT2D eigenvalue weighted by Gasteiger charge is 2.38. The molecular formula is C24H21N3O6. The number of nitrogens with two attached hydrogens (primary N) is 1. The van der Waals surface area contributed by atoms with Crippen molar-refractivity contribution in [2.45, 2.75) is 19.4 Å². The predicted octanol–water partition coefficient (Wildman–Crippen LogP) is 2.20. The zero-order valence-corrected chi connectivity index (χ0v) is 18.0. The summed E-state index contributed by atoms with van der Waals surface area (Å²) in [5.74, 6) is 0.0484. The van der Waals surface area contributed by atoms with E-state index < -0.39 is 11.9 Å². The Bertz CT molecular complexity index is 1350. The van der Waals surface area contributed by atoms with Gasteiger partial charge in [0.1, 0.15) is 11.3 Å². The molecule has 168 valence electrons. The minimum atomic E-state index is -0.786. The Morgan fingerprint density at radius 1 is 1.21 bits per heavy atom. The van der Waals surface area contributed by atoms with Gasteiger partial charge < -0.3 is 29.2 Å². The molecule has 0 saturated carbocycles. The van der Waals surface area contributed by atoms with Crippen LogP contribution in [0.4, 0.5) is 0 Å². The largest absolute Gasteiger partial charge is 0.465 e. The van der Waals surface area contributed by atoms with Gasteiger partial charge in [-0.05, 0) is 36.2 Å². The molecule has 0 amide bonds. The first-order valence-electron chi connectivity index (χ1n) is 10.3. The summed E-state index contributed by atoms with van der Waals surface area (Å²) in [7, 11) is 1.26. The standard InChI is InChI=1S/C24H21N3O6/c1-13-8-18-20(23(28)27(13)11-14-5-6-16-17(9-14)32-12-31-16)19(15-4-3-7-26-10-15)21(22(25)33-18)24(29)30-2/h3-10,19H,11-12,25H2,1-2H3. The Kier molecular flexibility index (Phi) is 5.01. The number of hydrogen-bond donors (Lipinski definition) is 1. The van der Waals surface area contributed by atoms with Gasteiger partial charge in [-0.3, -0.25) is 9.78 Å². The number of carbonyl (C=O) groups excluding carboxylic acids is 1. The lowest BCUT2D eigenvalue weighted by Crippen LogP contribution is -2.35. The summed E-state index contributed by atoms with van der Waals surface area (Å²) < 4.78 is 23.1. The molecule has 2 aliphatic heterocycles. The molecular weight excluding hydrogens is 426 g/mol. The van der Waals surface area contributed by atoms with Gasteiger partial charge in [-0.2, -0.15) is 0 Å². The average molecular weight is 447 g/mol. The lowest BCUT2D eigenvalue weighted by Gasteiger charge is -2.28. The van der Waals surface area contributed by atoms with Crippen LogP contribution in [0.3, 0.4) is 0 Å². The Labute approximate surface area is 189 Å². The number of carbonyl (C=O) groups is 1. The minimum absolute atomic E-state index is 0.0635. The highest BCUT2D eigenvalue weighted by Crippen LogP contribution is 2.41. The quantitative estimate of drug-likeness (QED) is 0.606. The van der Waals surface area contributed by atoms with Crippen LogP contribution in [0.2, 0.25) is 0 Å². The molecule has 0 fully saturated rings. The second kappa shape index (κ2) is 8.01. The van der Waals surface area contributed by atoms with Crippen molar-refractivity contribution >= 4 is 5.97 Å². The van der Waals surface area contributed by atoms with E-state index in [1.54, 1.807) is 35.2 Å². The van der Waals surface area contributed by atoms with E-state index in [0.29, 0.717) is 40.6 Å². The number of nitrogens with zero attached hydrogens (tertiary/aromatic N) is 2. The summed E-state index contributed by atoms with van der Waals surface area (Å²) in [6.07, 6.45) is 3.21. The molecule has 33 heavy (non-hydrogen) atoms. The van der Waals surface area contributed by atoms with E-state index >= 15 is 0 Å². The van der Waals surface area contributed by atoms with E-state index in [1.807, 2.05) is 25.1 Å². The van der Waals surface area contributed by atoms with Crippen molar-refractivity contribution in [3.8, 4) is 17.2 Å². The second-order valence-corrected chi connectivity index (χ2v) is 7.73. The van der Waals surface area contributed by atoms with Crippen LogP contribution >= 0.6 is 0 Å². The molecule has 5 rings (SSSR count). The van der Waals surface area contributed by atoms with Gasteiger partial charge in [-0.1, -0.05) is 12.1 Å². The first-order valence-corrected chi connectivity index (χ1v) is 10.3. The van der Waals surface area contributed by atoms with E-state index in [2.05, 4.69) is 4.98 Å². The number of rotatable bonds is 4. The summed E-state index contributed by atoms with van der Waals surface area (Å²) >= 11 is 0. The topological polar surface area (TPSA) is 115 Å². The van der Waals surface area contributed by atoms with Gasteiger partial charge in [-0.15, -0.1) is 0 Å². The number of benzene rings is 1. The zero-order valence-electron chi connectivity index (χ0n) is 18.0. The monoisotopic (exact) mass is 447 g/mol. The van der Waals surface area contributed by atoms with Crippen LogP contribution in [-0.2, 0) is 16.1 Å². The molecule has 2 aromatic heterocycles. The molecule has 4 heterocycles. The molecule has 1 aromatic carbocycles. The number of hydrogen-bond acceptors (Lipinski definition) is 8. The summed E-state index contributed by atoms with van der Waals surface area (Å²) in [5, 5.41) is 0. The molecule has 9 nitrogen and oxygen atoms in total. The van der Waals surface area contributed by atoms with Gasteiger partial charge >= 0.3 is 5.97 Å². The molecule has 3 aromatic rings. The van der Waals surface area contributed by atoms with E-state index in [-0.39, 0.29) is 23.8 Å². The summed E-state index contributed by atoms with van der Waals surface area (Å²) in [6, 6.07) is 10.8. The molecule has 1 atom stereocenters. The molecule has 0 bridgehead atoms. The summed E-state index contributed by atoms with van der Waals surface area (Å²) in [4.78, 5) is 30.6. The van der Waals surface area contributed by atoms with Gasteiger partial charge in [0.2, 0.25) is 12.7 Å². The molecule has 0 radical (unpaired) electrons. The van der Waals surface area contributed by atoms with E-state index in [0.717, 1.165) is 5.56 Å². The minimum Gasteiger partial charge on any atom is -0.465 e. The maximum atomic E-state index is 13.8. The Balaban J connectivity index is 1.66. The van der Waals surface area contributed by atoms with E-state index in [1.165, 1.54) is 7.11 Å². The first kappa shape index (κ1) is 20.6. The Hall–Kier alpha value is -4.27. The SMILES string of the molecule is COC(=O)C1=C(N)Oc2cc(C)n(Cc3ccc4c(c3)OCO4)c(=O)c2C1c1cccnc1. The fourth-order valence-electron chi connectivity index (χ4n) is 4.19. The van der Waals surface area contributed by atoms with Crippen molar-refractivity contribution in [1.82, 2.24) is 9.55 Å². The lowest BCUT2D eigenvalue weighted by atomic mass is 9.84. The van der Waals surface area contributed by atoms with Crippen LogP contribution in [0, 0.1) is 6.92 Å². The van der Waals surface area contributed by atoms with Crippen LogP contribution in [-0.4, -0.2) is 29.4 Å². The number of esters is 1. The number of pyridine rings is 2. The molecule has 2 N–H and O–H groups in total. The smallest absolute Gasteiger partial charge is 0.340 e. The summed E-state index contributed by atoms with van der Waals surface area (Å²) in [5.41, 5.74) is 8.34. The van der Waals surface area contributed by atoms with Crippen LogP contribution < -0.4 is 25.5 Å². The van der Waals surface area contributed by atoms with Gasteiger partial charge in [0.15, 0.2) is 11.5 Å². The van der Waals surface area contributed by atoms with Crippen LogP contribution in [0.1, 0.15) is 28.3 Å². The highest BCUT2D eigenvalue weighted by molar-refractivity contribution is 5.92. The molecule has 0 aliphatic carbocycles. The molecule has 9 heteroatoms. The van der Waals surface area contributed by atoms with Crippen molar-refractivity contribution in [3.63, 3.8) is 0 Å². The van der Waals surface area contributed by atoms with Gasteiger partial charge in [0.25, 0.3) is 5.56 Å². The number of aryl methyl sites for hydroxylation is 1. The fraction of sp³-hybridized carbons (Fsp3) is 0.208. The van der Waals surface area contributed by atoms with Crippen molar-refractivity contribution < 1.29 is 23.7 Å². The molecule has 1 unspecified atom stereocenters. The Morgan fingerprint density at radius 2 is 2.03 bits per heavy atom. The van der Waals surface area contributed by atoms with Crippen molar-refractivity contribution in [1.29, 1.82) is 0 Å². The van der Waals surface area contributed by atoms with Crippen LogP contribution in [0.25, 0.3) is 0 Å². The third-order valence-corrected chi connectivity index (χ3v) is 5.77. The lowest BCUT2D eigenvalue weighted by molar-refractivity contribution is -0.136. The maximum Gasteiger partial charge on any atom is 0.340 e. The highest BCUT2D eigenvalue weighted by atomic mass is 16.7. The third-order valence-electron chi connectivity index (χ3n) is 5.77. The van der Waals surface area contributed by atoms with Crippen molar-refractivity contribution in [3.05, 3.63) is 93.0 Å². The van der Waals surface area contributed by atoms with Crippen LogP contribution in [0.5, 0.6) is 17.2 Å². The van der Waals surface area contributed by atoms with Gasteiger partial charge in [-0.25, -0.2) is 4.79 Å². The van der Waals surface area contributed by atoms with E-state index in [4.69, 9.17) is 24.7 Å². The zero-order chi connectivity index (χ0) is 23.1. The van der Waals surface area contributed by atoms with Crippen molar-refractivity contribution in [2.24, 2.45) is 5.73 Å². The van der Waals surface area contributed by atoms with E-state index in [9.17, 15) is 9.59 Å². The normalized spacial score (nSPS) is 16.2. The fourth-order valence-corrected chi connectivity index (χ4v) is 4.19. The number of methoxy groups -OCH3 is 1. The maximum absolute atomic E-state index is 13.8. The third kappa shape index (κ3) is 3.47. The number of ether oxygens (including phenoxy) is 4. The number of aromatic nitrogens is 2. The van der Waals surface area contributed by atoms with Gasteiger partial charge in [0.05, 0.1) is 25.1 Å². The molecule has 0 saturated heterocycles. The predicted molar refractivity (Wildman–Crippen MR) is 117 cm³/mol. The number of fused-ring (bicyclic) bond motifs is 2. The van der Waals surface area contributed by atoms with Crippen molar-refractivity contribution in [2.75, 3.05) is 13.9 Å². The Morgan fingerprint density at radius 3 is 2.79 bits per heavy atom. The first-order chi connectivity index (χ1) is 16.0. The molecule has 0 spiro atoms.